The summed E-state index contributed by atoms with van der Waals surface area (Å²) in [7, 11) is 0. The lowest BCUT2D eigenvalue weighted by Crippen LogP contribution is -2.48. The van der Waals surface area contributed by atoms with Crippen molar-refractivity contribution in [2.24, 2.45) is 23.7 Å². The minimum absolute atomic E-state index is 0.00300. The zero-order valence-electron chi connectivity index (χ0n) is 25.9. The topological polar surface area (TPSA) is 113 Å². The number of ether oxygens (including phenoxy) is 1. The molecule has 0 spiro atoms. The number of piperidine rings is 1. The van der Waals surface area contributed by atoms with E-state index >= 15 is 0 Å². The second-order valence-corrected chi connectivity index (χ2v) is 12.2. The van der Waals surface area contributed by atoms with E-state index in [-0.39, 0.29) is 36.5 Å². The SMILES string of the molecule is C=CCN(C(=O)OCc1ccc([N+](=O)[O-])cc1)C1CCN(C[C@@H]2CCC(C(CC(=O)O)C(C)C)C2)CC1.Fc1ccccc1. The van der Waals surface area contributed by atoms with Gasteiger partial charge in [-0.05, 0) is 85.6 Å². The number of likely N-dealkylation sites (tertiary alicyclic amines) is 1. The molecule has 1 aliphatic heterocycles. The number of halogens is 1. The van der Waals surface area contributed by atoms with Crippen molar-refractivity contribution in [3.63, 3.8) is 0 Å². The number of nitrogens with zero attached hydrogens (tertiary/aromatic N) is 3. The second kappa shape index (κ2) is 17.5. The molecule has 2 aromatic rings. The summed E-state index contributed by atoms with van der Waals surface area (Å²) in [4.78, 5) is 38.8. The molecule has 44 heavy (non-hydrogen) atoms. The Morgan fingerprint density at radius 3 is 2.30 bits per heavy atom. The van der Waals surface area contributed by atoms with Crippen LogP contribution in [0.4, 0.5) is 14.9 Å². The van der Waals surface area contributed by atoms with Crippen molar-refractivity contribution in [2.75, 3.05) is 26.2 Å². The van der Waals surface area contributed by atoms with Crippen molar-refractivity contribution < 1.29 is 28.7 Å². The summed E-state index contributed by atoms with van der Waals surface area (Å²) in [6.07, 6.45) is 6.69. The van der Waals surface area contributed by atoms with Crippen molar-refractivity contribution >= 4 is 17.7 Å². The molecule has 2 aliphatic rings. The first-order chi connectivity index (χ1) is 21.1. The highest BCUT2D eigenvalue weighted by atomic mass is 19.1. The average Bonchev–Trinajstić information content (AvgIpc) is 3.46. The highest BCUT2D eigenvalue weighted by Crippen LogP contribution is 2.41. The van der Waals surface area contributed by atoms with Gasteiger partial charge >= 0.3 is 12.1 Å². The molecule has 1 N–H and O–H groups in total. The Morgan fingerprint density at radius 2 is 1.77 bits per heavy atom. The summed E-state index contributed by atoms with van der Waals surface area (Å²) < 4.78 is 17.4. The van der Waals surface area contributed by atoms with Crippen LogP contribution in [0.25, 0.3) is 0 Å². The van der Waals surface area contributed by atoms with Crippen LogP contribution >= 0.6 is 0 Å². The molecule has 1 saturated heterocycles. The number of carbonyl (C=O) groups excluding carboxylic acids is 1. The molecule has 240 valence electrons. The number of hydrogen-bond acceptors (Lipinski definition) is 6. The molecule has 2 fully saturated rings. The van der Waals surface area contributed by atoms with E-state index in [1.165, 1.54) is 24.3 Å². The van der Waals surface area contributed by atoms with Crippen LogP contribution in [0.15, 0.2) is 67.3 Å². The van der Waals surface area contributed by atoms with Crippen LogP contribution in [0.1, 0.15) is 57.9 Å². The van der Waals surface area contributed by atoms with Gasteiger partial charge in [-0.15, -0.1) is 6.58 Å². The lowest BCUT2D eigenvalue weighted by molar-refractivity contribution is -0.384. The molecule has 0 bridgehead atoms. The van der Waals surface area contributed by atoms with E-state index < -0.39 is 17.0 Å². The molecular weight excluding hydrogens is 565 g/mol. The Kier molecular flexibility index (Phi) is 13.8. The van der Waals surface area contributed by atoms with Gasteiger partial charge in [-0.3, -0.25) is 14.9 Å². The third-order valence-electron chi connectivity index (χ3n) is 8.77. The van der Waals surface area contributed by atoms with Gasteiger partial charge in [-0.2, -0.15) is 0 Å². The largest absolute Gasteiger partial charge is 0.481 e. The van der Waals surface area contributed by atoms with Crippen molar-refractivity contribution in [1.29, 1.82) is 0 Å². The van der Waals surface area contributed by atoms with Crippen LogP contribution in [0.5, 0.6) is 0 Å². The normalized spacial score (nSPS) is 19.5. The fourth-order valence-electron chi connectivity index (χ4n) is 6.46. The summed E-state index contributed by atoms with van der Waals surface area (Å²) >= 11 is 0. The zero-order valence-corrected chi connectivity index (χ0v) is 25.9. The van der Waals surface area contributed by atoms with E-state index in [9.17, 15) is 29.2 Å². The Bertz CT molecular complexity index is 1200. The molecule has 0 aromatic heterocycles. The Labute approximate surface area is 259 Å². The first kappa shape index (κ1) is 34.7. The van der Waals surface area contributed by atoms with E-state index in [0.29, 0.717) is 29.9 Å². The number of benzene rings is 2. The highest BCUT2D eigenvalue weighted by molar-refractivity contribution is 5.68. The predicted molar refractivity (Wildman–Crippen MR) is 167 cm³/mol. The lowest BCUT2D eigenvalue weighted by atomic mass is 9.79. The standard InChI is InChI=1S/C28H41N3O6.C6H5F/c1-4-13-30(28(34)37-19-21-6-9-25(10-7-21)31(35)36)24-11-14-29(15-12-24)18-22-5-8-23(16-22)26(20(2)3)17-27(32)33;7-6-4-2-1-3-5-6/h4,6-7,9-10,20,22-24,26H,1,5,8,11-19H2,2-3H3,(H,32,33);1-5H/t22-,23?,26?;/m1./s1. The molecule has 10 heteroatoms. The predicted octanol–water partition coefficient (Wildman–Crippen LogP) is 7.17. The van der Waals surface area contributed by atoms with Crippen LogP contribution in [-0.2, 0) is 16.1 Å². The summed E-state index contributed by atoms with van der Waals surface area (Å²) in [5.41, 5.74) is 0.702. The Hall–Kier alpha value is -3.79. The number of nitro groups is 1. The molecule has 1 amide bonds. The van der Waals surface area contributed by atoms with E-state index in [0.717, 1.165) is 51.7 Å². The quantitative estimate of drug-likeness (QED) is 0.154. The van der Waals surface area contributed by atoms with Gasteiger partial charge in [0.2, 0.25) is 0 Å². The van der Waals surface area contributed by atoms with Gasteiger partial charge in [0.05, 0.1) is 4.92 Å². The van der Waals surface area contributed by atoms with Crippen molar-refractivity contribution in [1.82, 2.24) is 9.80 Å². The smallest absolute Gasteiger partial charge is 0.410 e. The third kappa shape index (κ3) is 11.0. The van der Waals surface area contributed by atoms with Crippen LogP contribution in [-0.4, -0.2) is 64.1 Å². The van der Waals surface area contributed by atoms with Gasteiger partial charge < -0.3 is 19.6 Å². The summed E-state index contributed by atoms with van der Waals surface area (Å²) in [5, 5.41) is 20.1. The summed E-state index contributed by atoms with van der Waals surface area (Å²) in [5.74, 6) is 0.853. The van der Waals surface area contributed by atoms with Crippen LogP contribution in [0.3, 0.4) is 0 Å². The van der Waals surface area contributed by atoms with Crippen molar-refractivity contribution in [3.8, 4) is 0 Å². The van der Waals surface area contributed by atoms with Crippen LogP contribution in [0, 0.1) is 39.6 Å². The molecule has 2 unspecified atom stereocenters. The fraction of sp³-hybridized carbons (Fsp3) is 0.529. The maximum Gasteiger partial charge on any atom is 0.410 e. The molecule has 3 atom stereocenters. The van der Waals surface area contributed by atoms with Gasteiger partial charge in [0.15, 0.2) is 0 Å². The molecule has 1 heterocycles. The maximum atomic E-state index is 12.9. The van der Waals surface area contributed by atoms with Gasteiger partial charge in [0, 0.05) is 50.8 Å². The molecule has 0 radical (unpaired) electrons. The number of hydrogen-bond donors (Lipinski definition) is 1. The van der Waals surface area contributed by atoms with Gasteiger partial charge in [-0.25, -0.2) is 9.18 Å². The molecule has 1 aliphatic carbocycles. The number of carboxylic acid groups (broad SMARTS) is 1. The number of aliphatic carboxylic acids is 1. The Balaban J connectivity index is 0.000000662. The minimum atomic E-state index is -0.695. The fourth-order valence-corrected chi connectivity index (χ4v) is 6.46. The lowest BCUT2D eigenvalue weighted by Gasteiger charge is -2.38. The number of nitro benzene ring substituents is 1. The van der Waals surface area contributed by atoms with Crippen molar-refractivity contribution in [2.45, 2.75) is 65.0 Å². The minimum Gasteiger partial charge on any atom is -0.481 e. The number of carboxylic acids is 1. The van der Waals surface area contributed by atoms with Crippen molar-refractivity contribution in [3.05, 3.63) is 88.7 Å². The number of non-ortho nitro benzene ring substituents is 1. The molecule has 2 aromatic carbocycles. The number of amides is 1. The van der Waals surface area contributed by atoms with E-state index in [4.69, 9.17) is 4.74 Å². The average molecular weight is 612 g/mol. The first-order valence-corrected chi connectivity index (χ1v) is 15.5. The zero-order chi connectivity index (χ0) is 32.1. The van der Waals surface area contributed by atoms with E-state index in [2.05, 4.69) is 25.3 Å². The van der Waals surface area contributed by atoms with E-state index in [1.54, 1.807) is 41.3 Å². The van der Waals surface area contributed by atoms with Crippen LogP contribution < -0.4 is 0 Å². The second-order valence-electron chi connectivity index (χ2n) is 12.2. The Morgan fingerprint density at radius 1 is 1.11 bits per heavy atom. The molecule has 9 nitrogen and oxygen atoms in total. The number of carbonyl (C=O) groups is 2. The summed E-state index contributed by atoms with van der Waals surface area (Å²) in [6.45, 7) is 11.4. The highest BCUT2D eigenvalue weighted by Gasteiger charge is 2.35. The van der Waals surface area contributed by atoms with Gasteiger partial charge in [-0.1, -0.05) is 38.1 Å². The molecule has 4 rings (SSSR count). The molecular formula is C34H46FN3O6. The monoisotopic (exact) mass is 611 g/mol. The maximum absolute atomic E-state index is 12.9. The van der Waals surface area contributed by atoms with E-state index in [1.807, 2.05) is 0 Å². The number of rotatable bonds is 12. The summed E-state index contributed by atoms with van der Waals surface area (Å²) in [6, 6.07) is 14.0. The molecule has 1 saturated carbocycles. The van der Waals surface area contributed by atoms with Gasteiger partial charge in [0.25, 0.3) is 5.69 Å². The third-order valence-corrected chi connectivity index (χ3v) is 8.77. The van der Waals surface area contributed by atoms with Crippen LogP contribution in [0.2, 0.25) is 0 Å². The first-order valence-electron chi connectivity index (χ1n) is 15.5. The van der Waals surface area contributed by atoms with Gasteiger partial charge in [0.1, 0.15) is 12.4 Å².